The highest BCUT2D eigenvalue weighted by atomic mass is 16.5. The molecular formula is C17H15NO4. The van der Waals surface area contributed by atoms with E-state index in [9.17, 15) is 9.59 Å². The number of aromatic nitrogens is 1. The predicted octanol–water partition coefficient (Wildman–Crippen LogP) is 3.25. The minimum absolute atomic E-state index is 0.0981. The summed E-state index contributed by atoms with van der Waals surface area (Å²) < 4.78 is 11.6. The van der Waals surface area contributed by atoms with Crippen LogP contribution in [0.5, 0.6) is 5.75 Å². The molecule has 0 atom stereocenters. The molecule has 0 N–H and O–H groups in total. The molecule has 1 heterocycles. The molecule has 0 aliphatic heterocycles. The van der Waals surface area contributed by atoms with E-state index in [2.05, 4.69) is 0 Å². The highest BCUT2D eigenvalue weighted by Gasteiger charge is 2.16. The average molecular weight is 297 g/mol. The van der Waals surface area contributed by atoms with Crippen molar-refractivity contribution < 1.29 is 19.1 Å². The third kappa shape index (κ3) is 2.02. The van der Waals surface area contributed by atoms with Crippen molar-refractivity contribution in [2.45, 2.75) is 6.92 Å². The first-order valence-electron chi connectivity index (χ1n) is 6.78. The number of hydrogen-bond donors (Lipinski definition) is 0. The summed E-state index contributed by atoms with van der Waals surface area (Å²) in [7, 11) is 2.92. The molecular weight excluding hydrogens is 282 g/mol. The number of carbonyl (C=O) groups excluding carboxylic acids is 2. The molecule has 2 aromatic carbocycles. The smallest absolute Gasteiger partial charge is 0.337 e. The molecule has 0 radical (unpaired) electrons. The number of carbonyl (C=O) groups is 2. The van der Waals surface area contributed by atoms with Crippen LogP contribution in [-0.4, -0.2) is 30.7 Å². The Balaban J connectivity index is 2.42. The van der Waals surface area contributed by atoms with Crippen LogP contribution in [0.1, 0.15) is 22.1 Å². The molecule has 112 valence electrons. The second-order valence-electron chi connectivity index (χ2n) is 4.96. The summed E-state index contributed by atoms with van der Waals surface area (Å²) in [6.45, 7) is 1.51. The zero-order valence-electron chi connectivity index (χ0n) is 12.5. The Morgan fingerprint density at radius 2 is 1.73 bits per heavy atom. The van der Waals surface area contributed by atoms with E-state index in [1.54, 1.807) is 29.9 Å². The molecule has 1 aromatic heterocycles. The van der Waals surface area contributed by atoms with Crippen molar-refractivity contribution in [3.05, 3.63) is 42.0 Å². The highest BCUT2D eigenvalue weighted by Crippen LogP contribution is 2.32. The van der Waals surface area contributed by atoms with Gasteiger partial charge < -0.3 is 9.47 Å². The minimum Gasteiger partial charge on any atom is -0.497 e. The van der Waals surface area contributed by atoms with E-state index in [1.165, 1.54) is 14.0 Å². The SMILES string of the molecule is COC(=O)c1ccc2c(c1)c1ccc(OC)cc1n2C(C)=O. The van der Waals surface area contributed by atoms with E-state index in [-0.39, 0.29) is 5.91 Å². The molecule has 5 heteroatoms. The molecule has 0 unspecified atom stereocenters. The zero-order chi connectivity index (χ0) is 15.9. The quantitative estimate of drug-likeness (QED) is 0.681. The number of benzene rings is 2. The van der Waals surface area contributed by atoms with Crippen molar-refractivity contribution in [3.8, 4) is 5.75 Å². The number of ether oxygens (including phenoxy) is 2. The molecule has 22 heavy (non-hydrogen) atoms. The summed E-state index contributed by atoms with van der Waals surface area (Å²) in [6, 6.07) is 10.7. The van der Waals surface area contributed by atoms with Gasteiger partial charge in [-0.15, -0.1) is 0 Å². The van der Waals surface area contributed by atoms with Crippen LogP contribution in [0.15, 0.2) is 36.4 Å². The molecule has 3 rings (SSSR count). The molecule has 0 bridgehead atoms. The number of esters is 1. The molecule has 3 aromatic rings. The summed E-state index contributed by atoms with van der Waals surface area (Å²) in [4.78, 5) is 23.8. The van der Waals surface area contributed by atoms with Crippen LogP contribution in [0.2, 0.25) is 0 Å². The van der Waals surface area contributed by atoms with Gasteiger partial charge >= 0.3 is 5.97 Å². The Morgan fingerprint density at radius 1 is 0.955 bits per heavy atom. The maximum absolute atomic E-state index is 12.0. The van der Waals surface area contributed by atoms with Crippen LogP contribution in [0, 0.1) is 0 Å². The Labute approximate surface area is 127 Å². The van der Waals surface area contributed by atoms with Crippen molar-refractivity contribution in [2.24, 2.45) is 0 Å². The molecule has 0 amide bonds. The zero-order valence-corrected chi connectivity index (χ0v) is 12.5. The molecule has 0 saturated carbocycles. The monoisotopic (exact) mass is 297 g/mol. The Hall–Kier alpha value is -2.82. The number of nitrogens with zero attached hydrogens (tertiary/aromatic N) is 1. The van der Waals surface area contributed by atoms with E-state index in [0.717, 1.165) is 21.8 Å². The lowest BCUT2D eigenvalue weighted by Gasteiger charge is -2.03. The van der Waals surface area contributed by atoms with Crippen LogP contribution in [-0.2, 0) is 4.74 Å². The minimum atomic E-state index is -0.404. The normalized spacial score (nSPS) is 10.9. The Morgan fingerprint density at radius 3 is 2.36 bits per heavy atom. The Bertz CT molecular complexity index is 908. The van der Waals surface area contributed by atoms with E-state index >= 15 is 0 Å². The van der Waals surface area contributed by atoms with Gasteiger partial charge in [-0.3, -0.25) is 9.36 Å². The second kappa shape index (κ2) is 5.18. The van der Waals surface area contributed by atoms with Crippen LogP contribution in [0.4, 0.5) is 0 Å². The average Bonchev–Trinajstić information content (AvgIpc) is 2.86. The lowest BCUT2D eigenvalue weighted by Crippen LogP contribution is -2.05. The van der Waals surface area contributed by atoms with Gasteiger partial charge in [0.2, 0.25) is 5.91 Å². The van der Waals surface area contributed by atoms with Crippen molar-refractivity contribution in [2.75, 3.05) is 14.2 Å². The highest BCUT2D eigenvalue weighted by molar-refractivity contribution is 6.14. The standard InChI is InChI=1S/C17H15NO4/c1-10(19)18-15-7-4-11(17(20)22-3)8-14(15)13-6-5-12(21-2)9-16(13)18/h4-9H,1-3H3. The van der Waals surface area contributed by atoms with E-state index in [0.29, 0.717) is 11.3 Å². The van der Waals surface area contributed by atoms with E-state index < -0.39 is 5.97 Å². The van der Waals surface area contributed by atoms with Crippen LogP contribution in [0.25, 0.3) is 21.8 Å². The van der Waals surface area contributed by atoms with Gasteiger partial charge in [0, 0.05) is 23.8 Å². The first-order chi connectivity index (χ1) is 10.6. The molecule has 0 aliphatic rings. The van der Waals surface area contributed by atoms with Crippen molar-refractivity contribution >= 4 is 33.7 Å². The van der Waals surface area contributed by atoms with E-state index in [1.807, 2.05) is 18.2 Å². The molecule has 5 nitrogen and oxygen atoms in total. The van der Waals surface area contributed by atoms with Gasteiger partial charge in [0.1, 0.15) is 5.75 Å². The van der Waals surface area contributed by atoms with Crippen molar-refractivity contribution in [1.29, 1.82) is 0 Å². The van der Waals surface area contributed by atoms with Crippen LogP contribution < -0.4 is 4.74 Å². The Kier molecular flexibility index (Phi) is 3.33. The van der Waals surface area contributed by atoms with Gasteiger partial charge in [-0.05, 0) is 30.3 Å². The van der Waals surface area contributed by atoms with Gasteiger partial charge in [-0.25, -0.2) is 4.79 Å². The van der Waals surface area contributed by atoms with Gasteiger partial charge in [0.15, 0.2) is 0 Å². The fraction of sp³-hybridized carbons (Fsp3) is 0.176. The molecule has 0 spiro atoms. The lowest BCUT2D eigenvalue weighted by atomic mass is 10.1. The summed E-state index contributed by atoms with van der Waals surface area (Å²) >= 11 is 0. The summed E-state index contributed by atoms with van der Waals surface area (Å²) in [5, 5.41) is 1.72. The third-order valence-electron chi connectivity index (χ3n) is 3.71. The topological polar surface area (TPSA) is 57.5 Å². The number of methoxy groups -OCH3 is 2. The van der Waals surface area contributed by atoms with Crippen LogP contribution in [0.3, 0.4) is 0 Å². The fourth-order valence-corrected chi connectivity index (χ4v) is 2.71. The number of fused-ring (bicyclic) bond motifs is 3. The van der Waals surface area contributed by atoms with Crippen molar-refractivity contribution in [1.82, 2.24) is 4.57 Å². The van der Waals surface area contributed by atoms with Crippen LogP contribution >= 0.6 is 0 Å². The van der Waals surface area contributed by atoms with Gasteiger partial charge in [0.05, 0.1) is 30.8 Å². The number of rotatable bonds is 2. The largest absolute Gasteiger partial charge is 0.497 e. The predicted molar refractivity (Wildman–Crippen MR) is 83.6 cm³/mol. The first-order valence-corrected chi connectivity index (χ1v) is 6.78. The third-order valence-corrected chi connectivity index (χ3v) is 3.71. The molecule has 0 saturated heterocycles. The van der Waals surface area contributed by atoms with Gasteiger partial charge in [-0.2, -0.15) is 0 Å². The summed E-state index contributed by atoms with van der Waals surface area (Å²) in [5.74, 6) is 0.171. The van der Waals surface area contributed by atoms with Gasteiger partial charge in [0.25, 0.3) is 0 Å². The van der Waals surface area contributed by atoms with E-state index in [4.69, 9.17) is 9.47 Å². The second-order valence-corrected chi connectivity index (χ2v) is 4.96. The maximum atomic E-state index is 12.0. The fourth-order valence-electron chi connectivity index (χ4n) is 2.71. The summed E-state index contributed by atoms with van der Waals surface area (Å²) in [6.07, 6.45) is 0. The maximum Gasteiger partial charge on any atom is 0.337 e. The lowest BCUT2D eigenvalue weighted by molar-refractivity contribution is 0.0601. The molecule has 0 aliphatic carbocycles. The number of hydrogen-bond acceptors (Lipinski definition) is 4. The first kappa shape index (κ1) is 14.1. The molecule has 0 fully saturated rings. The van der Waals surface area contributed by atoms with Crippen molar-refractivity contribution in [3.63, 3.8) is 0 Å². The summed E-state index contributed by atoms with van der Waals surface area (Å²) in [5.41, 5.74) is 1.96. The van der Waals surface area contributed by atoms with Gasteiger partial charge in [-0.1, -0.05) is 0 Å².